The van der Waals surface area contributed by atoms with Gasteiger partial charge in [-0.05, 0) is 36.8 Å². The molecule has 30 heavy (non-hydrogen) atoms. The molecule has 1 amide bonds. The number of nitrogens with one attached hydrogen (secondary N) is 2. The summed E-state index contributed by atoms with van der Waals surface area (Å²) in [4.78, 5) is 21.2. The van der Waals surface area contributed by atoms with E-state index in [-0.39, 0.29) is 11.7 Å². The van der Waals surface area contributed by atoms with Gasteiger partial charge in [0, 0.05) is 44.1 Å². The number of aromatic amines is 1. The Hall–Kier alpha value is -2.84. The number of amides is 1. The van der Waals surface area contributed by atoms with Crippen molar-refractivity contribution in [3.05, 3.63) is 66.0 Å². The van der Waals surface area contributed by atoms with Crippen molar-refractivity contribution >= 4 is 29.0 Å². The number of piperazine rings is 1. The standard InChI is InChI=1S/C22H26N6OS/c1-17-23-22(26-25-17)30-16-21(29)24-19-7-9-20(10-8-19)28-13-11-27(12-14-28)15-18-5-3-2-4-6-18/h2-10H,11-16H2,1H3,(H,24,29)(H,23,25,26). The number of thioether (sulfide) groups is 1. The largest absolute Gasteiger partial charge is 0.369 e. The number of benzene rings is 2. The van der Waals surface area contributed by atoms with E-state index in [0.717, 1.165) is 44.2 Å². The van der Waals surface area contributed by atoms with Gasteiger partial charge in [0.1, 0.15) is 5.82 Å². The van der Waals surface area contributed by atoms with Gasteiger partial charge in [0.05, 0.1) is 5.75 Å². The Morgan fingerprint density at radius 1 is 1.07 bits per heavy atom. The van der Waals surface area contributed by atoms with Gasteiger partial charge in [-0.15, -0.1) is 5.10 Å². The maximum atomic E-state index is 12.2. The molecule has 0 bridgehead atoms. The molecule has 7 nitrogen and oxygen atoms in total. The molecule has 0 unspecified atom stereocenters. The highest BCUT2D eigenvalue weighted by Crippen LogP contribution is 2.21. The van der Waals surface area contributed by atoms with Crippen LogP contribution in [0.3, 0.4) is 0 Å². The number of aryl methyl sites for hydroxylation is 1. The van der Waals surface area contributed by atoms with E-state index in [1.165, 1.54) is 23.0 Å². The van der Waals surface area contributed by atoms with Gasteiger partial charge in [0.15, 0.2) is 0 Å². The fourth-order valence-electron chi connectivity index (χ4n) is 3.48. The topological polar surface area (TPSA) is 77.2 Å². The number of anilines is 2. The predicted octanol–water partition coefficient (Wildman–Crippen LogP) is 3.17. The average molecular weight is 423 g/mol. The second-order valence-electron chi connectivity index (χ2n) is 7.34. The van der Waals surface area contributed by atoms with Gasteiger partial charge in [0.25, 0.3) is 0 Å². The van der Waals surface area contributed by atoms with Crippen LogP contribution in [-0.2, 0) is 11.3 Å². The third-order valence-electron chi connectivity index (χ3n) is 5.05. The van der Waals surface area contributed by atoms with Crippen LogP contribution in [0.15, 0.2) is 59.8 Å². The molecule has 2 aromatic carbocycles. The Labute approximate surface area is 180 Å². The first kappa shape index (κ1) is 20.4. The van der Waals surface area contributed by atoms with Crippen molar-refractivity contribution in [3.63, 3.8) is 0 Å². The molecule has 0 saturated carbocycles. The zero-order valence-electron chi connectivity index (χ0n) is 17.0. The van der Waals surface area contributed by atoms with Crippen molar-refractivity contribution in [2.45, 2.75) is 18.6 Å². The molecule has 1 fully saturated rings. The molecule has 2 N–H and O–H groups in total. The van der Waals surface area contributed by atoms with Crippen LogP contribution >= 0.6 is 11.8 Å². The Morgan fingerprint density at radius 2 is 1.80 bits per heavy atom. The van der Waals surface area contributed by atoms with Gasteiger partial charge in [-0.2, -0.15) is 0 Å². The molecule has 2 heterocycles. The minimum atomic E-state index is -0.0651. The first-order valence-corrected chi connectivity index (χ1v) is 11.1. The fourth-order valence-corrected chi connectivity index (χ4v) is 4.12. The number of rotatable bonds is 7. The zero-order chi connectivity index (χ0) is 20.8. The van der Waals surface area contributed by atoms with Crippen LogP contribution in [0.4, 0.5) is 11.4 Å². The lowest BCUT2D eigenvalue weighted by molar-refractivity contribution is -0.113. The van der Waals surface area contributed by atoms with Gasteiger partial charge >= 0.3 is 0 Å². The van der Waals surface area contributed by atoms with Gasteiger partial charge in [-0.1, -0.05) is 42.1 Å². The minimum Gasteiger partial charge on any atom is -0.369 e. The van der Waals surface area contributed by atoms with Crippen molar-refractivity contribution in [1.82, 2.24) is 20.1 Å². The Balaban J connectivity index is 1.23. The number of carbonyl (C=O) groups excluding carboxylic acids is 1. The highest BCUT2D eigenvalue weighted by atomic mass is 32.2. The molecule has 4 rings (SSSR count). The molecule has 0 aliphatic carbocycles. The van der Waals surface area contributed by atoms with E-state index in [4.69, 9.17) is 0 Å². The number of aromatic nitrogens is 3. The Kier molecular flexibility index (Phi) is 6.66. The number of hydrogen-bond donors (Lipinski definition) is 2. The molecule has 156 valence electrons. The molecule has 0 radical (unpaired) electrons. The number of nitrogens with zero attached hydrogens (tertiary/aromatic N) is 4. The number of carbonyl (C=O) groups is 1. The minimum absolute atomic E-state index is 0.0651. The summed E-state index contributed by atoms with van der Waals surface area (Å²) in [6.07, 6.45) is 0. The summed E-state index contributed by atoms with van der Waals surface area (Å²) in [6, 6.07) is 18.7. The third-order valence-corrected chi connectivity index (χ3v) is 5.89. The molecular weight excluding hydrogens is 396 g/mol. The van der Waals surface area contributed by atoms with E-state index in [9.17, 15) is 4.79 Å². The summed E-state index contributed by atoms with van der Waals surface area (Å²) < 4.78 is 0. The third kappa shape index (κ3) is 5.61. The summed E-state index contributed by atoms with van der Waals surface area (Å²) in [7, 11) is 0. The molecule has 3 aromatic rings. The molecule has 0 spiro atoms. The van der Waals surface area contributed by atoms with Crippen molar-refractivity contribution in [2.75, 3.05) is 42.1 Å². The van der Waals surface area contributed by atoms with Gasteiger partial charge in [-0.25, -0.2) is 4.98 Å². The molecule has 0 atom stereocenters. The van der Waals surface area contributed by atoms with E-state index < -0.39 is 0 Å². The highest BCUT2D eigenvalue weighted by molar-refractivity contribution is 7.99. The maximum absolute atomic E-state index is 12.2. The van der Waals surface area contributed by atoms with Gasteiger partial charge in [0.2, 0.25) is 11.1 Å². The molecule has 1 aromatic heterocycles. The smallest absolute Gasteiger partial charge is 0.234 e. The van der Waals surface area contributed by atoms with Gasteiger partial charge in [-0.3, -0.25) is 14.8 Å². The average Bonchev–Trinajstić information content (AvgIpc) is 3.19. The van der Waals surface area contributed by atoms with Crippen molar-refractivity contribution < 1.29 is 4.79 Å². The predicted molar refractivity (Wildman–Crippen MR) is 121 cm³/mol. The normalized spacial score (nSPS) is 14.6. The molecule has 1 aliphatic heterocycles. The van der Waals surface area contributed by atoms with Crippen LogP contribution in [0.25, 0.3) is 0 Å². The second-order valence-corrected chi connectivity index (χ2v) is 8.28. The van der Waals surface area contributed by atoms with Crippen molar-refractivity contribution in [1.29, 1.82) is 0 Å². The summed E-state index contributed by atoms with van der Waals surface area (Å²) in [5.41, 5.74) is 3.36. The van der Waals surface area contributed by atoms with E-state index in [1.807, 2.05) is 19.1 Å². The Bertz CT molecular complexity index is 951. The Morgan fingerprint density at radius 3 is 2.47 bits per heavy atom. The monoisotopic (exact) mass is 422 g/mol. The molecule has 1 aliphatic rings. The highest BCUT2D eigenvalue weighted by Gasteiger charge is 2.17. The molecule has 1 saturated heterocycles. The van der Waals surface area contributed by atoms with E-state index in [2.05, 4.69) is 72.8 Å². The van der Waals surface area contributed by atoms with E-state index in [1.54, 1.807) is 0 Å². The lowest BCUT2D eigenvalue weighted by Crippen LogP contribution is -2.45. The summed E-state index contributed by atoms with van der Waals surface area (Å²) >= 11 is 1.32. The second kappa shape index (κ2) is 9.77. The lowest BCUT2D eigenvalue weighted by Gasteiger charge is -2.36. The van der Waals surface area contributed by atoms with Crippen molar-refractivity contribution in [2.24, 2.45) is 0 Å². The fraction of sp³-hybridized carbons (Fsp3) is 0.318. The van der Waals surface area contributed by atoms with Crippen LogP contribution in [0, 0.1) is 6.92 Å². The summed E-state index contributed by atoms with van der Waals surface area (Å²) in [5, 5.41) is 10.3. The van der Waals surface area contributed by atoms with Crippen LogP contribution in [-0.4, -0.2) is 57.9 Å². The van der Waals surface area contributed by atoms with Crippen LogP contribution in [0.5, 0.6) is 0 Å². The summed E-state index contributed by atoms with van der Waals surface area (Å²) in [6.45, 7) is 6.94. The first-order valence-electron chi connectivity index (χ1n) is 10.1. The van der Waals surface area contributed by atoms with Crippen LogP contribution < -0.4 is 10.2 Å². The van der Waals surface area contributed by atoms with Gasteiger partial charge < -0.3 is 10.2 Å². The van der Waals surface area contributed by atoms with Crippen molar-refractivity contribution in [3.8, 4) is 0 Å². The quantitative estimate of drug-likeness (QED) is 0.570. The number of hydrogen-bond acceptors (Lipinski definition) is 6. The molecule has 8 heteroatoms. The summed E-state index contributed by atoms with van der Waals surface area (Å²) in [5.74, 6) is 0.960. The first-order chi connectivity index (χ1) is 14.7. The number of H-pyrrole nitrogens is 1. The maximum Gasteiger partial charge on any atom is 0.234 e. The van der Waals surface area contributed by atoms with E-state index >= 15 is 0 Å². The molecular formula is C22H26N6OS. The van der Waals surface area contributed by atoms with E-state index in [0.29, 0.717) is 5.16 Å². The SMILES string of the molecule is Cc1nc(SCC(=O)Nc2ccc(N3CCN(Cc4ccccc4)CC3)cc2)n[nH]1. The lowest BCUT2D eigenvalue weighted by atomic mass is 10.2. The zero-order valence-corrected chi connectivity index (χ0v) is 17.9. The van der Waals surface area contributed by atoms with Crippen LogP contribution in [0.2, 0.25) is 0 Å². The van der Waals surface area contributed by atoms with Crippen LogP contribution in [0.1, 0.15) is 11.4 Å².